The molecule has 5 nitrogen and oxygen atoms in total. The zero-order valence-electron chi connectivity index (χ0n) is 14.8. The molecule has 0 bridgehead atoms. The minimum absolute atomic E-state index is 0.120. The van der Waals surface area contributed by atoms with Crippen molar-refractivity contribution in [3.8, 4) is 11.1 Å². The lowest BCUT2D eigenvalue weighted by atomic mass is 10.0. The van der Waals surface area contributed by atoms with E-state index in [4.69, 9.17) is 0 Å². The number of halogens is 1. The van der Waals surface area contributed by atoms with Crippen LogP contribution in [-0.4, -0.2) is 24.0 Å². The van der Waals surface area contributed by atoms with E-state index in [1.54, 1.807) is 25.1 Å². The molecule has 1 saturated heterocycles. The first kappa shape index (κ1) is 18.1. The van der Waals surface area contributed by atoms with Gasteiger partial charge in [0.1, 0.15) is 5.82 Å². The molecular weight excluding hydrogens is 333 g/mol. The molecule has 0 aliphatic carbocycles. The molecule has 2 aromatic rings. The zero-order valence-corrected chi connectivity index (χ0v) is 14.8. The third-order valence-electron chi connectivity index (χ3n) is 4.49. The summed E-state index contributed by atoms with van der Waals surface area (Å²) < 4.78 is 13.9. The fraction of sp³-hybridized carbons (Fsp3) is 0.300. The van der Waals surface area contributed by atoms with Crippen LogP contribution in [0.3, 0.4) is 0 Å². The average molecular weight is 355 g/mol. The first-order valence-corrected chi connectivity index (χ1v) is 8.64. The highest BCUT2D eigenvalue weighted by Gasteiger charge is 2.29. The van der Waals surface area contributed by atoms with Crippen molar-refractivity contribution in [3.05, 3.63) is 59.9 Å². The second kappa shape index (κ2) is 7.66. The fourth-order valence-electron chi connectivity index (χ4n) is 3.10. The monoisotopic (exact) mass is 355 g/mol. The first-order valence-electron chi connectivity index (χ1n) is 8.64. The molecule has 0 radical (unpaired) electrons. The lowest BCUT2D eigenvalue weighted by molar-refractivity contribution is -0.132. The van der Waals surface area contributed by atoms with Crippen LogP contribution in [0.15, 0.2) is 48.5 Å². The number of nitrogens with one attached hydrogen (secondary N) is 3. The second-order valence-corrected chi connectivity index (χ2v) is 6.54. The fourth-order valence-corrected chi connectivity index (χ4v) is 3.10. The minimum Gasteiger partial charge on any atom is -0.348 e. The van der Waals surface area contributed by atoms with Gasteiger partial charge in [-0.05, 0) is 31.0 Å². The standard InChI is InChI=1S/C20H22FN3O2/c1-12(22-20(26)18-11-19(25)24-13(2)23-18)14-7-9-15(10-8-14)16-5-3-4-6-17(16)21/h3-10,12-13,18,23H,11H2,1-2H3,(H,22,26)(H,24,25)/t12-,13?,18?/m1/s1. The summed E-state index contributed by atoms with van der Waals surface area (Å²) in [5.41, 5.74) is 2.23. The van der Waals surface area contributed by atoms with E-state index in [9.17, 15) is 14.0 Å². The Kier molecular flexibility index (Phi) is 5.32. The molecule has 26 heavy (non-hydrogen) atoms. The Hall–Kier alpha value is -2.73. The molecule has 1 aliphatic heterocycles. The van der Waals surface area contributed by atoms with Crippen molar-refractivity contribution in [2.45, 2.75) is 38.5 Å². The van der Waals surface area contributed by atoms with Gasteiger partial charge in [0, 0.05) is 5.56 Å². The lowest BCUT2D eigenvalue weighted by Crippen LogP contribution is -2.59. The van der Waals surface area contributed by atoms with Crippen LogP contribution >= 0.6 is 0 Å². The van der Waals surface area contributed by atoms with Gasteiger partial charge in [0.25, 0.3) is 0 Å². The van der Waals surface area contributed by atoms with E-state index in [2.05, 4.69) is 16.0 Å². The van der Waals surface area contributed by atoms with Gasteiger partial charge >= 0.3 is 0 Å². The molecule has 1 fully saturated rings. The molecule has 3 N–H and O–H groups in total. The zero-order chi connectivity index (χ0) is 18.7. The SMILES string of the molecule is CC1NC(=O)CC(C(=O)N[C@H](C)c2ccc(-c3ccccc3F)cc2)N1. The number of rotatable bonds is 4. The predicted octanol–water partition coefficient (Wildman–Crippen LogP) is 2.49. The summed E-state index contributed by atoms with van der Waals surface area (Å²) in [5, 5.41) is 8.69. The summed E-state index contributed by atoms with van der Waals surface area (Å²) in [6.45, 7) is 3.67. The molecule has 0 aromatic heterocycles. The Bertz CT molecular complexity index is 807. The summed E-state index contributed by atoms with van der Waals surface area (Å²) in [7, 11) is 0. The van der Waals surface area contributed by atoms with Crippen molar-refractivity contribution in [2.24, 2.45) is 0 Å². The summed E-state index contributed by atoms with van der Waals surface area (Å²) in [6, 6.07) is 13.3. The van der Waals surface area contributed by atoms with Gasteiger partial charge in [0.15, 0.2) is 0 Å². The van der Waals surface area contributed by atoms with Gasteiger partial charge in [-0.15, -0.1) is 0 Å². The molecule has 2 unspecified atom stereocenters. The van der Waals surface area contributed by atoms with E-state index in [-0.39, 0.29) is 36.3 Å². The van der Waals surface area contributed by atoms with Crippen molar-refractivity contribution >= 4 is 11.8 Å². The van der Waals surface area contributed by atoms with Crippen LogP contribution in [-0.2, 0) is 9.59 Å². The Morgan fingerprint density at radius 3 is 2.54 bits per heavy atom. The topological polar surface area (TPSA) is 70.2 Å². The number of carbonyl (C=O) groups excluding carboxylic acids is 2. The molecule has 0 spiro atoms. The van der Waals surface area contributed by atoms with E-state index < -0.39 is 6.04 Å². The van der Waals surface area contributed by atoms with Crippen LogP contribution in [0.25, 0.3) is 11.1 Å². The van der Waals surface area contributed by atoms with Crippen molar-refractivity contribution in [1.82, 2.24) is 16.0 Å². The van der Waals surface area contributed by atoms with Crippen LogP contribution in [0.5, 0.6) is 0 Å². The molecule has 2 aromatic carbocycles. The molecule has 2 amide bonds. The van der Waals surface area contributed by atoms with Crippen LogP contribution in [0.1, 0.15) is 31.9 Å². The largest absolute Gasteiger partial charge is 0.348 e. The third-order valence-corrected chi connectivity index (χ3v) is 4.49. The molecule has 6 heteroatoms. The molecule has 3 rings (SSSR count). The maximum atomic E-state index is 13.9. The van der Waals surface area contributed by atoms with Gasteiger partial charge in [-0.1, -0.05) is 42.5 Å². The summed E-state index contributed by atoms with van der Waals surface area (Å²) in [6.07, 6.45) is -0.114. The highest BCUT2D eigenvalue weighted by molar-refractivity contribution is 5.89. The number of hydrogen-bond donors (Lipinski definition) is 3. The molecular formula is C20H22FN3O2. The van der Waals surface area contributed by atoms with E-state index in [0.29, 0.717) is 5.56 Å². The predicted molar refractivity (Wildman–Crippen MR) is 97.5 cm³/mol. The van der Waals surface area contributed by atoms with E-state index in [0.717, 1.165) is 11.1 Å². The Labute approximate surface area is 152 Å². The van der Waals surface area contributed by atoms with Crippen molar-refractivity contribution < 1.29 is 14.0 Å². The quantitative estimate of drug-likeness (QED) is 0.789. The maximum absolute atomic E-state index is 13.9. The molecule has 3 atom stereocenters. The van der Waals surface area contributed by atoms with Gasteiger partial charge in [0.2, 0.25) is 11.8 Å². The van der Waals surface area contributed by atoms with Gasteiger partial charge in [-0.25, -0.2) is 4.39 Å². The third kappa shape index (κ3) is 4.08. The number of hydrogen-bond acceptors (Lipinski definition) is 3. The van der Waals surface area contributed by atoms with Crippen molar-refractivity contribution in [3.63, 3.8) is 0 Å². The van der Waals surface area contributed by atoms with E-state index in [1.165, 1.54) is 6.07 Å². The van der Waals surface area contributed by atoms with Crippen LogP contribution < -0.4 is 16.0 Å². The van der Waals surface area contributed by atoms with Crippen molar-refractivity contribution in [1.29, 1.82) is 0 Å². The highest BCUT2D eigenvalue weighted by atomic mass is 19.1. The Balaban J connectivity index is 1.66. The van der Waals surface area contributed by atoms with Crippen LogP contribution in [0.2, 0.25) is 0 Å². The minimum atomic E-state index is -0.543. The van der Waals surface area contributed by atoms with Gasteiger partial charge in [0.05, 0.1) is 24.7 Å². The Morgan fingerprint density at radius 2 is 1.88 bits per heavy atom. The summed E-state index contributed by atoms with van der Waals surface area (Å²) in [5.74, 6) is -0.618. The average Bonchev–Trinajstić information content (AvgIpc) is 2.61. The lowest BCUT2D eigenvalue weighted by Gasteiger charge is -2.29. The van der Waals surface area contributed by atoms with Crippen molar-refractivity contribution in [2.75, 3.05) is 0 Å². The summed E-state index contributed by atoms with van der Waals surface area (Å²) in [4.78, 5) is 24.0. The summed E-state index contributed by atoms with van der Waals surface area (Å²) >= 11 is 0. The van der Waals surface area contributed by atoms with Crippen LogP contribution in [0, 0.1) is 5.82 Å². The van der Waals surface area contributed by atoms with Gasteiger partial charge in [-0.2, -0.15) is 0 Å². The van der Waals surface area contributed by atoms with E-state index in [1.807, 2.05) is 31.2 Å². The van der Waals surface area contributed by atoms with Crippen LogP contribution in [0.4, 0.5) is 4.39 Å². The second-order valence-electron chi connectivity index (χ2n) is 6.54. The number of benzene rings is 2. The normalized spacial score (nSPS) is 21.0. The number of carbonyl (C=O) groups is 2. The van der Waals surface area contributed by atoms with Gasteiger partial charge in [-0.3, -0.25) is 14.9 Å². The molecule has 136 valence electrons. The molecule has 0 saturated carbocycles. The Morgan fingerprint density at radius 1 is 1.19 bits per heavy atom. The highest BCUT2D eigenvalue weighted by Crippen LogP contribution is 2.24. The first-order chi connectivity index (χ1) is 12.4. The smallest absolute Gasteiger partial charge is 0.238 e. The molecule has 1 heterocycles. The molecule has 1 aliphatic rings. The van der Waals surface area contributed by atoms with E-state index >= 15 is 0 Å². The number of amides is 2. The van der Waals surface area contributed by atoms with Gasteiger partial charge < -0.3 is 10.6 Å². The maximum Gasteiger partial charge on any atom is 0.238 e.